The molecule has 0 unspecified atom stereocenters. The molecule has 0 bridgehead atoms. The summed E-state index contributed by atoms with van der Waals surface area (Å²) in [6, 6.07) is 2.98. The van der Waals surface area contributed by atoms with E-state index in [9.17, 15) is 13.2 Å². The van der Waals surface area contributed by atoms with Crippen LogP contribution in [0.4, 0.5) is 5.82 Å². The number of ketones is 1. The van der Waals surface area contributed by atoms with Crippen molar-refractivity contribution >= 4 is 33.2 Å². The fourth-order valence-corrected chi connectivity index (χ4v) is 3.43. The smallest absolute Gasteiger partial charge is 0.236 e. The molecule has 1 aromatic rings. The molecule has 1 aromatic heterocycles. The van der Waals surface area contributed by atoms with Crippen molar-refractivity contribution in [2.75, 3.05) is 16.6 Å². The van der Waals surface area contributed by atoms with Crippen LogP contribution < -0.4 is 4.31 Å². The Morgan fingerprint density at radius 3 is 2.71 bits per heavy atom. The van der Waals surface area contributed by atoms with E-state index in [1.165, 1.54) is 19.1 Å². The Labute approximate surface area is 104 Å². The van der Waals surface area contributed by atoms with Crippen molar-refractivity contribution in [1.29, 1.82) is 0 Å². The van der Waals surface area contributed by atoms with Gasteiger partial charge in [-0.3, -0.25) is 9.10 Å². The van der Waals surface area contributed by atoms with Crippen molar-refractivity contribution in [1.82, 2.24) is 4.98 Å². The molecule has 92 valence electrons. The summed E-state index contributed by atoms with van der Waals surface area (Å²) in [4.78, 5) is 15.4. The third kappa shape index (κ3) is 2.28. The van der Waals surface area contributed by atoms with Crippen molar-refractivity contribution in [2.45, 2.75) is 13.3 Å². The molecule has 0 N–H and O–H groups in total. The van der Waals surface area contributed by atoms with Crippen LogP contribution in [0.15, 0.2) is 12.1 Å². The number of halogens is 1. The third-order valence-corrected chi connectivity index (χ3v) is 4.60. The van der Waals surface area contributed by atoms with Crippen LogP contribution in [0, 0.1) is 0 Å². The first kappa shape index (κ1) is 12.3. The van der Waals surface area contributed by atoms with Crippen LogP contribution in [0.25, 0.3) is 0 Å². The van der Waals surface area contributed by atoms with Gasteiger partial charge >= 0.3 is 0 Å². The molecule has 7 heteroatoms. The molecule has 0 atom stereocenters. The van der Waals surface area contributed by atoms with Gasteiger partial charge in [-0.2, -0.15) is 0 Å². The second kappa shape index (κ2) is 4.27. The van der Waals surface area contributed by atoms with Crippen LogP contribution in [0.5, 0.6) is 0 Å². The molecule has 2 heterocycles. The van der Waals surface area contributed by atoms with Crippen LogP contribution in [0.1, 0.15) is 23.7 Å². The number of aromatic nitrogens is 1. The van der Waals surface area contributed by atoms with Gasteiger partial charge in [-0.25, -0.2) is 13.4 Å². The first-order valence-electron chi connectivity index (χ1n) is 5.10. The van der Waals surface area contributed by atoms with E-state index >= 15 is 0 Å². The number of rotatable bonds is 2. The molecule has 0 spiro atoms. The molecule has 1 fully saturated rings. The molecule has 0 aromatic carbocycles. The number of sulfonamides is 1. The predicted molar refractivity (Wildman–Crippen MR) is 65.0 cm³/mol. The van der Waals surface area contributed by atoms with Gasteiger partial charge in [0.15, 0.2) is 11.6 Å². The van der Waals surface area contributed by atoms with Gasteiger partial charge in [-0.15, -0.1) is 0 Å². The van der Waals surface area contributed by atoms with Gasteiger partial charge < -0.3 is 0 Å². The quantitative estimate of drug-likeness (QED) is 0.605. The average molecular weight is 275 g/mol. The van der Waals surface area contributed by atoms with Gasteiger partial charge in [0, 0.05) is 6.54 Å². The van der Waals surface area contributed by atoms with Crippen molar-refractivity contribution in [3.8, 4) is 0 Å². The first-order valence-corrected chi connectivity index (χ1v) is 7.08. The monoisotopic (exact) mass is 274 g/mol. The van der Waals surface area contributed by atoms with E-state index < -0.39 is 10.0 Å². The van der Waals surface area contributed by atoms with E-state index in [2.05, 4.69) is 4.98 Å². The molecular formula is C10H11ClN2O3S. The summed E-state index contributed by atoms with van der Waals surface area (Å²) >= 11 is 5.75. The Balaban J connectivity index is 2.58. The Bertz CT molecular complexity index is 571. The molecule has 1 saturated heterocycles. The number of carbonyl (C=O) groups is 1. The van der Waals surface area contributed by atoms with Crippen molar-refractivity contribution in [2.24, 2.45) is 0 Å². The van der Waals surface area contributed by atoms with Gasteiger partial charge in [0.25, 0.3) is 0 Å². The highest BCUT2D eigenvalue weighted by Gasteiger charge is 2.31. The van der Waals surface area contributed by atoms with Crippen molar-refractivity contribution in [3.05, 3.63) is 22.8 Å². The fourth-order valence-electron chi connectivity index (χ4n) is 1.77. The van der Waals surface area contributed by atoms with Gasteiger partial charge in [-0.05, 0) is 25.5 Å². The average Bonchev–Trinajstić information content (AvgIpc) is 2.57. The second-order valence-corrected chi connectivity index (χ2v) is 6.20. The van der Waals surface area contributed by atoms with Gasteiger partial charge in [0.05, 0.1) is 11.3 Å². The van der Waals surface area contributed by atoms with E-state index in [0.717, 1.165) is 4.31 Å². The SMILES string of the molecule is CC(=O)c1ccc(Cl)nc1N1CCCS1(=O)=O. The summed E-state index contributed by atoms with van der Waals surface area (Å²) in [5.74, 6) is -0.00722. The Kier molecular flexibility index (Phi) is 3.09. The summed E-state index contributed by atoms with van der Waals surface area (Å²) in [7, 11) is -3.35. The standard InChI is InChI=1S/C10H11ClN2O3S/c1-7(14)8-3-4-9(11)12-10(8)13-5-2-6-17(13,15)16/h3-4H,2,5-6H2,1H3. The van der Waals surface area contributed by atoms with Gasteiger partial charge in [-0.1, -0.05) is 11.6 Å². The molecule has 0 amide bonds. The summed E-state index contributed by atoms with van der Waals surface area (Å²) in [6.07, 6.45) is 0.536. The number of Topliss-reactive ketones (excluding diaryl/α,β-unsaturated/α-hetero) is 1. The Hall–Kier alpha value is -1.14. The third-order valence-electron chi connectivity index (χ3n) is 2.56. The highest BCUT2D eigenvalue weighted by molar-refractivity contribution is 7.93. The summed E-state index contributed by atoms with van der Waals surface area (Å²) in [5, 5.41) is 0.173. The lowest BCUT2D eigenvalue weighted by Crippen LogP contribution is -2.27. The zero-order valence-corrected chi connectivity index (χ0v) is 10.8. The summed E-state index contributed by atoms with van der Waals surface area (Å²) in [6.45, 7) is 1.72. The number of hydrogen-bond donors (Lipinski definition) is 0. The first-order chi connectivity index (χ1) is 7.92. The Morgan fingerprint density at radius 2 is 2.18 bits per heavy atom. The van der Waals surface area contributed by atoms with Crippen LogP contribution >= 0.6 is 11.6 Å². The van der Waals surface area contributed by atoms with E-state index in [1.54, 1.807) is 0 Å². The summed E-state index contributed by atoms with van der Waals surface area (Å²) in [5.41, 5.74) is 0.278. The highest BCUT2D eigenvalue weighted by atomic mass is 35.5. The lowest BCUT2D eigenvalue weighted by atomic mass is 10.2. The number of nitrogens with zero attached hydrogens (tertiary/aromatic N) is 2. The molecule has 0 radical (unpaired) electrons. The van der Waals surface area contributed by atoms with Crippen LogP contribution in [-0.2, 0) is 10.0 Å². The summed E-state index contributed by atoms with van der Waals surface area (Å²) < 4.78 is 24.7. The number of carbonyl (C=O) groups excluding carboxylic acids is 1. The molecule has 1 aliphatic heterocycles. The number of anilines is 1. The van der Waals surface area contributed by atoms with Crippen molar-refractivity contribution in [3.63, 3.8) is 0 Å². The van der Waals surface area contributed by atoms with Crippen LogP contribution in [0.3, 0.4) is 0 Å². The van der Waals surface area contributed by atoms with E-state index in [0.29, 0.717) is 13.0 Å². The van der Waals surface area contributed by atoms with Crippen molar-refractivity contribution < 1.29 is 13.2 Å². The minimum Gasteiger partial charge on any atom is -0.294 e. The maximum absolute atomic E-state index is 11.8. The maximum Gasteiger partial charge on any atom is 0.236 e. The zero-order chi connectivity index (χ0) is 12.6. The largest absolute Gasteiger partial charge is 0.294 e. The maximum atomic E-state index is 11.8. The van der Waals surface area contributed by atoms with Gasteiger partial charge in [0.1, 0.15) is 5.15 Å². The second-order valence-electron chi connectivity index (χ2n) is 3.80. The lowest BCUT2D eigenvalue weighted by molar-refractivity contribution is 0.101. The molecule has 2 rings (SSSR count). The predicted octanol–water partition coefficient (Wildman–Crippen LogP) is 1.48. The molecule has 17 heavy (non-hydrogen) atoms. The number of hydrogen-bond acceptors (Lipinski definition) is 4. The fraction of sp³-hybridized carbons (Fsp3) is 0.400. The van der Waals surface area contributed by atoms with Crippen LogP contribution in [0.2, 0.25) is 5.15 Å². The Morgan fingerprint density at radius 1 is 1.47 bits per heavy atom. The zero-order valence-electron chi connectivity index (χ0n) is 9.18. The molecule has 0 saturated carbocycles. The van der Waals surface area contributed by atoms with E-state index in [1.807, 2.05) is 0 Å². The van der Waals surface area contributed by atoms with E-state index in [4.69, 9.17) is 11.6 Å². The lowest BCUT2D eigenvalue weighted by Gasteiger charge is -2.18. The van der Waals surface area contributed by atoms with Crippen LogP contribution in [-0.4, -0.2) is 31.5 Å². The highest BCUT2D eigenvalue weighted by Crippen LogP contribution is 2.27. The number of pyridine rings is 1. The normalized spacial score (nSPS) is 18.4. The van der Waals surface area contributed by atoms with E-state index in [-0.39, 0.29) is 28.1 Å². The minimum absolute atomic E-state index is 0.0819. The van der Waals surface area contributed by atoms with Gasteiger partial charge in [0.2, 0.25) is 10.0 Å². The minimum atomic E-state index is -3.35. The molecule has 1 aliphatic rings. The molecule has 0 aliphatic carbocycles. The topological polar surface area (TPSA) is 67.3 Å². The molecular weight excluding hydrogens is 264 g/mol. The molecule has 5 nitrogen and oxygen atoms in total.